The van der Waals surface area contributed by atoms with Crippen LogP contribution in [0.4, 0.5) is 0 Å². The zero-order valence-corrected chi connectivity index (χ0v) is 9.34. The van der Waals surface area contributed by atoms with Crippen LogP contribution in [-0.2, 0) is 4.74 Å². The third kappa shape index (κ3) is 0.979. The van der Waals surface area contributed by atoms with Gasteiger partial charge in [0.2, 0.25) is 0 Å². The molecule has 2 atom stereocenters. The highest BCUT2D eigenvalue weighted by atomic mass is 16.6. The van der Waals surface area contributed by atoms with Gasteiger partial charge in [0.25, 0.3) is 0 Å². The highest BCUT2D eigenvalue weighted by molar-refractivity contribution is 5.66. The van der Waals surface area contributed by atoms with E-state index in [0.717, 1.165) is 0 Å². The predicted octanol–water partition coefficient (Wildman–Crippen LogP) is 3.17. The SMILES string of the molecule is C1=CC=C2C=CC3=CC=CC=CC34OC24C=C1. The predicted molar refractivity (Wildman–Crippen MR) is 68.4 cm³/mol. The molecule has 1 saturated heterocycles. The fraction of sp³-hybridized carbons (Fsp3) is 0.125. The Morgan fingerprint density at radius 2 is 1.18 bits per heavy atom. The van der Waals surface area contributed by atoms with E-state index in [1.165, 1.54) is 11.1 Å². The monoisotopic (exact) mass is 220 g/mol. The van der Waals surface area contributed by atoms with Crippen LogP contribution in [0.1, 0.15) is 0 Å². The van der Waals surface area contributed by atoms with Crippen LogP contribution in [0.5, 0.6) is 0 Å². The van der Waals surface area contributed by atoms with Crippen molar-refractivity contribution in [2.75, 3.05) is 0 Å². The van der Waals surface area contributed by atoms with Gasteiger partial charge in [-0.1, -0.05) is 60.8 Å². The Morgan fingerprint density at radius 1 is 0.647 bits per heavy atom. The molecule has 0 amide bonds. The Bertz CT molecular complexity index is 543. The first-order valence-corrected chi connectivity index (χ1v) is 5.89. The van der Waals surface area contributed by atoms with Crippen LogP contribution in [0.3, 0.4) is 0 Å². The van der Waals surface area contributed by atoms with E-state index in [0.29, 0.717) is 0 Å². The summed E-state index contributed by atoms with van der Waals surface area (Å²) in [7, 11) is 0. The summed E-state index contributed by atoms with van der Waals surface area (Å²) in [4.78, 5) is 0. The Balaban J connectivity index is 1.98. The lowest BCUT2D eigenvalue weighted by atomic mass is 9.76. The van der Waals surface area contributed by atoms with Crippen molar-refractivity contribution in [2.45, 2.75) is 11.2 Å². The van der Waals surface area contributed by atoms with Crippen LogP contribution in [0.15, 0.2) is 84.1 Å². The van der Waals surface area contributed by atoms with Crippen LogP contribution < -0.4 is 0 Å². The molecule has 0 aromatic rings. The molecule has 0 radical (unpaired) electrons. The van der Waals surface area contributed by atoms with Crippen molar-refractivity contribution in [3.8, 4) is 0 Å². The molecule has 4 aliphatic rings. The first-order valence-electron chi connectivity index (χ1n) is 5.89. The minimum absolute atomic E-state index is 0.278. The van der Waals surface area contributed by atoms with Gasteiger partial charge >= 0.3 is 0 Å². The Morgan fingerprint density at radius 3 is 1.71 bits per heavy atom. The maximum absolute atomic E-state index is 6.17. The molecule has 0 bridgehead atoms. The van der Waals surface area contributed by atoms with Gasteiger partial charge in [-0.2, -0.15) is 0 Å². The van der Waals surface area contributed by atoms with Crippen LogP contribution >= 0.6 is 0 Å². The summed E-state index contributed by atoms with van der Waals surface area (Å²) in [6.07, 6.45) is 25.3. The third-order valence-corrected chi connectivity index (χ3v) is 3.79. The van der Waals surface area contributed by atoms with Crippen molar-refractivity contribution in [3.63, 3.8) is 0 Å². The summed E-state index contributed by atoms with van der Waals surface area (Å²) < 4.78 is 6.17. The number of hydrogen-bond donors (Lipinski definition) is 0. The first-order chi connectivity index (χ1) is 8.37. The molecule has 1 aliphatic heterocycles. The minimum atomic E-state index is -0.278. The van der Waals surface area contributed by atoms with E-state index in [-0.39, 0.29) is 11.2 Å². The van der Waals surface area contributed by atoms with E-state index in [4.69, 9.17) is 4.74 Å². The fourth-order valence-electron chi connectivity index (χ4n) is 2.90. The second-order valence-electron chi connectivity index (χ2n) is 4.64. The van der Waals surface area contributed by atoms with Gasteiger partial charge in [-0.05, 0) is 23.3 Å². The summed E-state index contributed by atoms with van der Waals surface area (Å²) in [6, 6.07) is 0. The highest BCUT2D eigenvalue weighted by Gasteiger charge is 2.71. The van der Waals surface area contributed by atoms with Gasteiger partial charge in [-0.15, -0.1) is 0 Å². The molecule has 1 heteroatoms. The largest absolute Gasteiger partial charge is 0.343 e. The zero-order chi connectivity index (χ0) is 11.3. The molecule has 2 unspecified atom stereocenters. The van der Waals surface area contributed by atoms with Crippen LogP contribution in [-0.4, -0.2) is 11.2 Å². The van der Waals surface area contributed by atoms with E-state index in [1.807, 2.05) is 12.2 Å². The normalized spacial score (nSPS) is 39.5. The molecule has 1 nitrogen and oxygen atoms in total. The Hall–Kier alpha value is -1.86. The van der Waals surface area contributed by atoms with E-state index in [1.54, 1.807) is 0 Å². The van der Waals surface area contributed by atoms with E-state index in [9.17, 15) is 0 Å². The number of rotatable bonds is 0. The first kappa shape index (κ1) is 9.20. The average molecular weight is 220 g/mol. The minimum Gasteiger partial charge on any atom is -0.343 e. The molecule has 1 fully saturated rings. The quantitative estimate of drug-likeness (QED) is 0.571. The molecule has 1 heterocycles. The van der Waals surface area contributed by atoms with Gasteiger partial charge < -0.3 is 4.74 Å². The summed E-state index contributed by atoms with van der Waals surface area (Å²) in [5.74, 6) is 0. The third-order valence-electron chi connectivity index (χ3n) is 3.79. The highest BCUT2D eigenvalue weighted by Crippen LogP contribution is 2.62. The number of allylic oxidation sites excluding steroid dienone is 8. The molecule has 2 spiro atoms. The second-order valence-corrected chi connectivity index (χ2v) is 4.64. The Labute approximate surface area is 100 Å². The molecular formula is C16H12O. The van der Waals surface area contributed by atoms with Crippen molar-refractivity contribution in [2.24, 2.45) is 0 Å². The van der Waals surface area contributed by atoms with Gasteiger partial charge in [0, 0.05) is 0 Å². The van der Waals surface area contributed by atoms with Crippen LogP contribution in [0.25, 0.3) is 0 Å². The topological polar surface area (TPSA) is 12.5 Å². The standard InChI is InChI=1S/C16H12O/c1-3-7-13-9-10-14-8-4-2-6-12-16(14)15(13,17-16)11-5-1/h1-12H. The van der Waals surface area contributed by atoms with Gasteiger partial charge in [-0.25, -0.2) is 0 Å². The van der Waals surface area contributed by atoms with Crippen molar-refractivity contribution in [3.05, 3.63) is 84.1 Å². The molecule has 0 N–H and O–H groups in total. The molecule has 0 saturated carbocycles. The molecule has 82 valence electrons. The summed E-state index contributed by atoms with van der Waals surface area (Å²) >= 11 is 0. The van der Waals surface area contributed by atoms with Crippen molar-refractivity contribution in [1.82, 2.24) is 0 Å². The fourth-order valence-corrected chi connectivity index (χ4v) is 2.90. The zero-order valence-electron chi connectivity index (χ0n) is 9.34. The smallest absolute Gasteiger partial charge is 0.150 e. The van der Waals surface area contributed by atoms with Crippen LogP contribution in [0, 0.1) is 0 Å². The number of ether oxygens (including phenoxy) is 1. The second kappa shape index (κ2) is 2.88. The molecule has 0 aromatic heterocycles. The van der Waals surface area contributed by atoms with E-state index < -0.39 is 0 Å². The molecule has 0 aromatic carbocycles. The Kier molecular flexibility index (Phi) is 1.56. The summed E-state index contributed by atoms with van der Waals surface area (Å²) in [6.45, 7) is 0. The van der Waals surface area contributed by atoms with Crippen molar-refractivity contribution < 1.29 is 4.74 Å². The van der Waals surface area contributed by atoms with Gasteiger partial charge in [0.05, 0.1) is 0 Å². The molecule has 4 rings (SSSR count). The average Bonchev–Trinajstić information content (AvgIpc) is 3.06. The van der Waals surface area contributed by atoms with Gasteiger partial charge in [0.15, 0.2) is 11.2 Å². The molecule has 3 aliphatic carbocycles. The van der Waals surface area contributed by atoms with Crippen molar-refractivity contribution >= 4 is 0 Å². The maximum Gasteiger partial charge on any atom is 0.150 e. The number of hydrogen-bond acceptors (Lipinski definition) is 1. The molecule has 17 heavy (non-hydrogen) atoms. The number of epoxide rings is 1. The maximum atomic E-state index is 6.17. The lowest BCUT2D eigenvalue weighted by molar-refractivity contribution is 0.342. The summed E-state index contributed by atoms with van der Waals surface area (Å²) in [5.41, 5.74) is 1.90. The summed E-state index contributed by atoms with van der Waals surface area (Å²) in [5, 5.41) is 0. The van der Waals surface area contributed by atoms with Crippen LogP contribution in [0.2, 0.25) is 0 Å². The van der Waals surface area contributed by atoms with Gasteiger partial charge in [-0.3, -0.25) is 0 Å². The molecular weight excluding hydrogens is 208 g/mol. The van der Waals surface area contributed by atoms with E-state index >= 15 is 0 Å². The van der Waals surface area contributed by atoms with Crippen molar-refractivity contribution in [1.29, 1.82) is 0 Å². The van der Waals surface area contributed by atoms with Gasteiger partial charge in [0.1, 0.15) is 0 Å². The van der Waals surface area contributed by atoms with E-state index in [2.05, 4.69) is 60.8 Å². The lowest BCUT2D eigenvalue weighted by Crippen LogP contribution is -2.28. The lowest BCUT2D eigenvalue weighted by Gasteiger charge is -2.20.